The Hall–Kier alpha value is -0.160. The highest BCUT2D eigenvalue weighted by Crippen LogP contribution is 2.01. The lowest BCUT2D eigenvalue weighted by molar-refractivity contribution is 0.107. The van der Waals surface area contributed by atoms with Gasteiger partial charge >= 0.3 is 0 Å². The first-order valence-corrected chi connectivity index (χ1v) is 5.57. The van der Waals surface area contributed by atoms with Crippen LogP contribution in [0.25, 0.3) is 0 Å². The summed E-state index contributed by atoms with van der Waals surface area (Å²) >= 11 is 0. The van der Waals surface area contributed by atoms with Crippen molar-refractivity contribution in [3.8, 4) is 0 Å². The fourth-order valence-corrected chi connectivity index (χ4v) is 1.24. The second-order valence-corrected chi connectivity index (χ2v) is 4.19. The Bertz CT molecular complexity index is 135. The molecule has 0 aromatic rings. The van der Waals surface area contributed by atoms with Crippen molar-refractivity contribution in [3.05, 3.63) is 0 Å². The van der Waals surface area contributed by atoms with E-state index < -0.39 is 0 Å². The lowest BCUT2D eigenvalue weighted by Crippen LogP contribution is -2.43. The van der Waals surface area contributed by atoms with Gasteiger partial charge < -0.3 is 15.2 Å². The average Bonchev–Trinajstić information content (AvgIpc) is 2.21. The number of rotatable bonds is 9. The smallest absolute Gasteiger partial charge is 0.0589 e. The monoisotopic (exact) mass is 218 g/mol. The Morgan fingerprint density at radius 2 is 1.53 bits per heavy atom. The molecule has 0 saturated carbocycles. The van der Waals surface area contributed by atoms with Gasteiger partial charge in [0.05, 0.1) is 13.2 Å². The summed E-state index contributed by atoms with van der Waals surface area (Å²) in [6, 6.07) is 0.221. The van der Waals surface area contributed by atoms with Crippen LogP contribution in [0.2, 0.25) is 0 Å². The molecule has 0 aromatic heterocycles. The van der Waals surface area contributed by atoms with Crippen molar-refractivity contribution in [3.63, 3.8) is 0 Å². The minimum absolute atomic E-state index is 0.221. The van der Waals surface area contributed by atoms with E-state index >= 15 is 0 Å². The SMILES string of the molecule is COCCN(CCOC)CC(N)C(C)C. The van der Waals surface area contributed by atoms with Crippen LogP contribution in [0.4, 0.5) is 0 Å². The van der Waals surface area contributed by atoms with E-state index in [0.717, 1.165) is 32.8 Å². The maximum atomic E-state index is 6.04. The largest absolute Gasteiger partial charge is 0.383 e. The zero-order valence-corrected chi connectivity index (χ0v) is 10.5. The molecule has 15 heavy (non-hydrogen) atoms. The molecule has 0 aromatic carbocycles. The first-order chi connectivity index (χ1) is 7.11. The summed E-state index contributed by atoms with van der Waals surface area (Å²) in [4.78, 5) is 2.29. The standard InChI is InChI=1S/C11H26N2O2/c1-10(2)11(12)9-13(5-7-14-3)6-8-15-4/h10-11H,5-9,12H2,1-4H3. The Balaban J connectivity index is 3.87. The number of nitrogens with two attached hydrogens (primary N) is 1. The van der Waals surface area contributed by atoms with Crippen molar-refractivity contribution in [2.45, 2.75) is 19.9 Å². The summed E-state index contributed by atoms with van der Waals surface area (Å²) in [6.45, 7) is 8.53. The van der Waals surface area contributed by atoms with Crippen LogP contribution < -0.4 is 5.73 Å². The summed E-state index contributed by atoms with van der Waals surface area (Å²) in [5.41, 5.74) is 6.04. The van der Waals surface area contributed by atoms with Crippen molar-refractivity contribution in [2.24, 2.45) is 11.7 Å². The fourth-order valence-electron chi connectivity index (χ4n) is 1.24. The van der Waals surface area contributed by atoms with Crippen LogP contribution >= 0.6 is 0 Å². The van der Waals surface area contributed by atoms with E-state index in [-0.39, 0.29) is 6.04 Å². The van der Waals surface area contributed by atoms with Gasteiger partial charge in [-0.25, -0.2) is 0 Å². The number of methoxy groups -OCH3 is 2. The molecule has 4 heteroatoms. The third-order valence-electron chi connectivity index (χ3n) is 2.55. The van der Waals surface area contributed by atoms with Gasteiger partial charge in [0.25, 0.3) is 0 Å². The van der Waals surface area contributed by atoms with E-state index in [1.807, 2.05) is 0 Å². The summed E-state index contributed by atoms with van der Waals surface area (Å²) in [7, 11) is 3.44. The summed E-state index contributed by atoms with van der Waals surface area (Å²) in [5.74, 6) is 0.512. The Morgan fingerprint density at radius 3 is 1.87 bits per heavy atom. The maximum absolute atomic E-state index is 6.04. The Morgan fingerprint density at radius 1 is 1.07 bits per heavy atom. The molecule has 0 saturated heterocycles. The summed E-state index contributed by atoms with van der Waals surface area (Å²) in [5, 5.41) is 0. The highest BCUT2D eigenvalue weighted by molar-refractivity contribution is 4.71. The summed E-state index contributed by atoms with van der Waals surface area (Å²) < 4.78 is 10.1. The van der Waals surface area contributed by atoms with Crippen LogP contribution in [0, 0.1) is 5.92 Å². The van der Waals surface area contributed by atoms with E-state index in [0.29, 0.717) is 5.92 Å². The van der Waals surface area contributed by atoms with Gasteiger partial charge in [0.2, 0.25) is 0 Å². The topological polar surface area (TPSA) is 47.7 Å². The maximum Gasteiger partial charge on any atom is 0.0589 e. The minimum atomic E-state index is 0.221. The normalized spacial score (nSPS) is 13.8. The first-order valence-electron chi connectivity index (χ1n) is 5.57. The molecule has 2 N–H and O–H groups in total. The molecule has 0 bridgehead atoms. The molecule has 0 amide bonds. The molecule has 0 rings (SSSR count). The van der Waals surface area contributed by atoms with E-state index in [9.17, 15) is 0 Å². The zero-order valence-electron chi connectivity index (χ0n) is 10.5. The zero-order chi connectivity index (χ0) is 11.7. The molecule has 0 aliphatic rings. The second-order valence-electron chi connectivity index (χ2n) is 4.19. The predicted molar refractivity (Wildman–Crippen MR) is 63.0 cm³/mol. The van der Waals surface area contributed by atoms with Crippen LogP contribution in [-0.2, 0) is 9.47 Å². The van der Waals surface area contributed by atoms with Crippen LogP contribution in [0.15, 0.2) is 0 Å². The highest BCUT2D eigenvalue weighted by atomic mass is 16.5. The third-order valence-corrected chi connectivity index (χ3v) is 2.55. The molecule has 1 atom stereocenters. The van der Waals surface area contributed by atoms with Crippen LogP contribution in [0.1, 0.15) is 13.8 Å². The van der Waals surface area contributed by atoms with Gasteiger partial charge in [-0.15, -0.1) is 0 Å². The number of nitrogens with zero attached hydrogens (tertiary/aromatic N) is 1. The quantitative estimate of drug-likeness (QED) is 0.614. The molecule has 92 valence electrons. The van der Waals surface area contributed by atoms with Crippen molar-refractivity contribution >= 4 is 0 Å². The number of hydrogen-bond donors (Lipinski definition) is 1. The number of hydrogen-bond acceptors (Lipinski definition) is 4. The molecule has 0 fully saturated rings. The first kappa shape index (κ1) is 14.8. The van der Waals surface area contributed by atoms with Gasteiger partial charge in [-0.05, 0) is 5.92 Å². The third kappa shape index (κ3) is 7.73. The lowest BCUT2D eigenvalue weighted by atomic mass is 10.1. The Kier molecular flexibility index (Phi) is 9.00. The Labute approximate surface area is 93.7 Å². The lowest BCUT2D eigenvalue weighted by Gasteiger charge is -2.26. The van der Waals surface area contributed by atoms with Crippen molar-refractivity contribution in [1.82, 2.24) is 4.90 Å². The van der Waals surface area contributed by atoms with Gasteiger partial charge in [0.1, 0.15) is 0 Å². The van der Waals surface area contributed by atoms with E-state index in [1.54, 1.807) is 14.2 Å². The summed E-state index contributed by atoms with van der Waals surface area (Å²) in [6.07, 6.45) is 0. The van der Waals surface area contributed by atoms with Gasteiger partial charge in [-0.3, -0.25) is 4.90 Å². The molecular formula is C11H26N2O2. The second kappa shape index (κ2) is 9.09. The molecule has 4 nitrogen and oxygen atoms in total. The number of ether oxygens (including phenoxy) is 2. The molecule has 0 radical (unpaired) electrons. The molecule has 0 heterocycles. The molecule has 1 unspecified atom stereocenters. The van der Waals surface area contributed by atoms with Crippen molar-refractivity contribution < 1.29 is 9.47 Å². The van der Waals surface area contributed by atoms with Crippen molar-refractivity contribution in [2.75, 3.05) is 47.1 Å². The van der Waals surface area contributed by atoms with Gasteiger partial charge in [-0.2, -0.15) is 0 Å². The fraction of sp³-hybridized carbons (Fsp3) is 1.00. The molecule has 0 spiro atoms. The van der Waals surface area contributed by atoms with Gasteiger partial charge in [-0.1, -0.05) is 13.8 Å². The van der Waals surface area contributed by atoms with E-state index in [4.69, 9.17) is 15.2 Å². The predicted octanol–water partition coefficient (Wildman–Crippen LogP) is 0.565. The van der Waals surface area contributed by atoms with Crippen LogP contribution in [0.5, 0.6) is 0 Å². The van der Waals surface area contributed by atoms with Gasteiger partial charge in [0.15, 0.2) is 0 Å². The molecule has 0 aliphatic heterocycles. The average molecular weight is 218 g/mol. The van der Waals surface area contributed by atoms with Gasteiger partial charge in [0, 0.05) is 39.9 Å². The minimum Gasteiger partial charge on any atom is -0.383 e. The van der Waals surface area contributed by atoms with Crippen LogP contribution in [-0.4, -0.2) is 58.0 Å². The van der Waals surface area contributed by atoms with Crippen LogP contribution in [0.3, 0.4) is 0 Å². The molecule has 0 aliphatic carbocycles. The molecular weight excluding hydrogens is 192 g/mol. The highest BCUT2D eigenvalue weighted by Gasteiger charge is 2.13. The van der Waals surface area contributed by atoms with E-state index in [2.05, 4.69) is 18.7 Å². The van der Waals surface area contributed by atoms with E-state index in [1.165, 1.54) is 0 Å². The van der Waals surface area contributed by atoms with Crippen molar-refractivity contribution in [1.29, 1.82) is 0 Å².